The molecule has 1 saturated heterocycles. The molecule has 7 heteroatoms. The standard InChI is InChI=1S/C13H12FN3O3/c14-7-2-1-3-8(4-7)17-12(20)9-10(18)13(11(9)19)5-15-6-16-13/h1-4,9,15-16H,5-6H2,(H,17,20). The van der Waals surface area contributed by atoms with Gasteiger partial charge in [0.25, 0.3) is 0 Å². The van der Waals surface area contributed by atoms with Crippen LogP contribution >= 0.6 is 0 Å². The zero-order valence-corrected chi connectivity index (χ0v) is 10.4. The quantitative estimate of drug-likeness (QED) is 0.630. The molecule has 2 aliphatic rings. The van der Waals surface area contributed by atoms with Crippen molar-refractivity contribution in [1.29, 1.82) is 0 Å². The molecule has 6 nitrogen and oxygen atoms in total. The number of carbonyl (C=O) groups excluding carboxylic acids is 3. The van der Waals surface area contributed by atoms with E-state index in [0.29, 0.717) is 6.67 Å². The summed E-state index contributed by atoms with van der Waals surface area (Å²) in [5, 5.41) is 8.02. The molecule has 0 atom stereocenters. The fourth-order valence-electron chi connectivity index (χ4n) is 2.55. The van der Waals surface area contributed by atoms with Crippen molar-refractivity contribution in [1.82, 2.24) is 10.6 Å². The molecule has 3 rings (SSSR count). The Balaban J connectivity index is 1.73. The highest BCUT2D eigenvalue weighted by Gasteiger charge is 2.65. The Labute approximate surface area is 113 Å². The molecule has 0 unspecified atom stereocenters. The van der Waals surface area contributed by atoms with E-state index in [2.05, 4.69) is 16.0 Å². The van der Waals surface area contributed by atoms with Crippen molar-refractivity contribution in [3.63, 3.8) is 0 Å². The van der Waals surface area contributed by atoms with Gasteiger partial charge < -0.3 is 10.6 Å². The second-order valence-electron chi connectivity index (χ2n) is 4.85. The van der Waals surface area contributed by atoms with Crippen LogP contribution in [-0.2, 0) is 14.4 Å². The average Bonchev–Trinajstić information content (AvgIpc) is 2.91. The molecule has 1 amide bonds. The van der Waals surface area contributed by atoms with Gasteiger partial charge in [-0.25, -0.2) is 4.39 Å². The van der Waals surface area contributed by atoms with Crippen molar-refractivity contribution in [3.8, 4) is 0 Å². The molecule has 1 saturated carbocycles. The minimum atomic E-state index is -1.31. The van der Waals surface area contributed by atoms with Gasteiger partial charge in [-0.2, -0.15) is 0 Å². The molecule has 1 spiro atoms. The summed E-state index contributed by atoms with van der Waals surface area (Å²) in [6, 6.07) is 5.27. The van der Waals surface area contributed by atoms with E-state index in [1.807, 2.05) is 0 Å². The first-order valence-corrected chi connectivity index (χ1v) is 6.15. The number of Topliss-reactive ketones (excluding diaryl/α,β-unsaturated/α-hetero) is 2. The van der Waals surface area contributed by atoms with Crippen LogP contribution in [0.2, 0.25) is 0 Å². The van der Waals surface area contributed by atoms with Crippen LogP contribution in [0.15, 0.2) is 24.3 Å². The highest BCUT2D eigenvalue weighted by Crippen LogP contribution is 2.32. The molecule has 1 heterocycles. The van der Waals surface area contributed by atoms with E-state index >= 15 is 0 Å². The molecule has 1 aromatic carbocycles. The zero-order chi connectivity index (χ0) is 14.3. The molecule has 3 N–H and O–H groups in total. The second kappa shape index (κ2) is 4.46. The molecule has 1 aromatic rings. The topological polar surface area (TPSA) is 87.3 Å². The Bertz CT molecular complexity index is 593. The SMILES string of the molecule is O=C(Nc1cccc(F)c1)C1C(=O)C2(CNCN2)C1=O. The van der Waals surface area contributed by atoms with Gasteiger partial charge in [0.05, 0.1) is 0 Å². The van der Waals surface area contributed by atoms with E-state index < -0.39 is 34.7 Å². The Morgan fingerprint density at radius 3 is 2.70 bits per heavy atom. The lowest BCUT2D eigenvalue weighted by molar-refractivity contribution is -0.156. The molecule has 0 radical (unpaired) electrons. The summed E-state index contributed by atoms with van der Waals surface area (Å²) < 4.78 is 13.0. The number of halogens is 1. The summed E-state index contributed by atoms with van der Waals surface area (Å²) in [7, 11) is 0. The maximum absolute atomic E-state index is 13.0. The molecular weight excluding hydrogens is 265 g/mol. The second-order valence-corrected chi connectivity index (χ2v) is 4.85. The maximum Gasteiger partial charge on any atom is 0.242 e. The van der Waals surface area contributed by atoms with E-state index in [1.165, 1.54) is 18.2 Å². The largest absolute Gasteiger partial charge is 0.325 e. The first-order chi connectivity index (χ1) is 9.54. The van der Waals surface area contributed by atoms with Crippen molar-refractivity contribution in [2.75, 3.05) is 18.5 Å². The predicted molar refractivity (Wildman–Crippen MR) is 67.3 cm³/mol. The lowest BCUT2D eigenvalue weighted by atomic mass is 9.65. The van der Waals surface area contributed by atoms with Gasteiger partial charge in [-0.15, -0.1) is 0 Å². The lowest BCUT2D eigenvalue weighted by Gasteiger charge is -2.39. The molecule has 2 fully saturated rings. The normalized spacial score (nSPS) is 28.6. The molecule has 0 bridgehead atoms. The van der Waals surface area contributed by atoms with Crippen LogP contribution in [0.1, 0.15) is 0 Å². The predicted octanol–water partition coefficient (Wildman–Crippen LogP) is -0.579. The summed E-state index contributed by atoms with van der Waals surface area (Å²) in [5.74, 6) is -3.43. The Hall–Kier alpha value is -2.12. The summed E-state index contributed by atoms with van der Waals surface area (Å²) in [6.45, 7) is 0.560. The Morgan fingerprint density at radius 2 is 2.10 bits per heavy atom. The van der Waals surface area contributed by atoms with E-state index in [0.717, 1.165) is 6.07 Å². The van der Waals surface area contributed by atoms with Crippen LogP contribution in [0.25, 0.3) is 0 Å². The third-order valence-corrected chi connectivity index (χ3v) is 3.63. The number of anilines is 1. The molecule has 1 aliphatic heterocycles. The number of amides is 1. The number of nitrogens with one attached hydrogen (secondary N) is 3. The summed E-state index contributed by atoms with van der Waals surface area (Å²) in [5.41, 5.74) is -1.03. The van der Waals surface area contributed by atoms with Crippen LogP contribution < -0.4 is 16.0 Å². The van der Waals surface area contributed by atoms with Gasteiger partial charge in [0.2, 0.25) is 5.91 Å². The number of hydrogen-bond donors (Lipinski definition) is 3. The van der Waals surface area contributed by atoms with Crippen molar-refractivity contribution in [2.24, 2.45) is 5.92 Å². The van der Waals surface area contributed by atoms with Crippen LogP contribution in [0.3, 0.4) is 0 Å². The van der Waals surface area contributed by atoms with Crippen LogP contribution in [0.4, 0.5) is 10.1 Å². The van der Waals surface area contributed by atoms with E-state index in [-0.39, 0.29) is 12.2 Å². The third kappa shape index (κ3) is 1.75. The highest BCUT2D eigenvalue weighted by molar-refractivity contribution is 6.41. The number of rotatable bonds is 2. The van der Waals surface area contributed by atoms with E-state index in [9.17, 15) is 18.8 Å². The van der Waals surface area contributed by atoms with E-state index in [1.54, 1.807) is 0 Å². The van der Waals surface area contributed by atoms with E-state index in [4.69, 9.17) is 0 Å². The van der Waals surface area contributed by atoms with Crippen molar-refractivity contribution < 1.29 is 18.8 Å². The van der Waals surface area contributed by atoms with Crippen LogP contribution in [-0.4, -0.2) is 36.2 Å². The van der Waals surface area contributed by atoms with Crippen LogP contribution in [0, 0.1) is 11.7 Å². The van der Waals surface area contributed by atoms with Crippen LogP contribution in [0.5, 0.6) is 0 Å². The van der Waals surface area contributed by atoms with Gasteiger partial charge in [-0.3, -0.25) is 19.7 Å². The molecule has 1 aliphatic carbocycles. The van der Waals surface area contributed by atoms with Gasteiger partial charge in [0, 0.05) is 18.9 Å². The lowest BCUT2D eigenvalue weighted by Crippen LogP contribution is -2.73. The number of benzene rings is 1. The number of carbonyl (C=O) groups is 3. The highest BCUT2D eigenvalue weighted by atomic mass is 19.1. The molecule has 0 aromatic heterocycles. The minimum absolute atomic E-state index is 0.203. The fraction of sp³-hybridized carbons (Fsp3) is 0.308. The smallest absolute Gasteiger partial charge is 0.242 e. The van der Waals surface area contributed by atoms with Crippen molar-refractivity contribution >= 4 is 23.2 Å². The van der Waals surface area contributed by atoms with Gasteiger partial charge in [0.15, 0.2) is 23.0 Å². The zero-order valence-electron chi connectivity index (χ0n) is 10.4. The molecule has 20 heavy (non-hydrogen) atoms. The fourth-order valence-corrected chi connectivity index (χ4v) is 2.55. The Kier molecular flexibility index (Phi) is 2.88. The maximum atomic E-state index is 13.0. The average molecular weight is 277 g/mol. The summed E-state index contributed by atoms with van der Waals surface area (Å²) >= 11 is 0. The number of hydrogen-bond acceptors (Lipinski definition) is 5. The first-order valence-electron chi connectivity index (χ1n) is 6.15. The van der Waals surface area contributed by atoms with Crippen molar-refractivity contribution in [3.05, 3.63) is 30.1 Å². The summed E-state index contributed by atoms with van der Waals surface area (Å²) in [6.07, 6.45) is 0. The first kappa shape index (κ1) is 12.9. The van der Waals surface area contributed by atoms with Gasteiger partial charge in [0.1, 0.15) is 5.82 Å². The third-order valence-electron chi connectivity index (χ3n) is 3.63. The monoisotopic (exact) mass is 277 g/mol. The van der Waals surface area contributed by atoms with Gasteiger partial charge in [-0.05, 0) is 18.2 Å². The Morgan fingerprint density at radius 1 is 1.35 bits per heavy atom. The molecular formula is C13H12FN3O3. The number of ketones is 2. The van der Waals surface area contributed by atoms with Gasteiger partial charge >= 0.3 is 0 Å². The van der Waals surface area contributed by atoms with Gasteiger partial charge in [-0.1, -0.05) is 6.07 Å². The molecule has 104 valence electrons. The van der Waals surface area contributed by atoms with Crippen molar-refractivity contribution in [2.45, 2.75) is 5.54 Å². The summed E-state index contributed by atoms with van der Waals surface area (Å²) in [4.78, 5) is 36.0. The minimum Gasteiger partial charge on any atom is -0.325 e.